The number of aromatic nitrogens is 1. The topological polar surface area (TPSA) is 81.4 Å². The molecule has 134 valence electrons. The largest absolute Gasteiger partial charge is 0.497 e. The number of carbonyl (C=O) groups is 1. The Morgan fingerprint density at radius 2 is 2.04 bits per heavy atom. The van der Waals surface area contributed by atoms with Crippen LogP contribution in [0.3, 0.4) is 0 Å². The number of methoxy groups -OCH3 is 1. The van der Waals surface area contributed by atoms with Crippen LogP contribution in [0.4, 0.5) is 5.13 Å². The van der Waals surface area contributed by atoms with Crippen LogP contribution in [0, 0.1) is 0 Å². The minimum absolute atomic E-state index is 0.0631. The van der Waals surface area contributed by atoms with E-state index >= 15 is 0 Å². The van der Waals surface area contributed by atoms with E-state index in [2.05, 4.69) is 10.3 Å². The second-order valence-corrected chi connectivity index (χ2v) is 6.56. The maximum absolute atomic E-state index is 12.5. The standard InChI is InChI=1S/C20H14N2O4S/c1-25-13-6-4-5-12(9-13)16-11-27-20(21-16)22-19(24)15-10-26-17-8-3-2-7-14(17)18(15)23/h2-11H,1H3,(H,21,22,24). The number of fused-ring (bicyclic) bond motifs is 1. The molecule has 2 aromatic carbocycles. The second-order valence-electron chi connectivity index (χ2n) is 5.70. The van der Waals surface area contributed by atoms with Crippen LogP contribution in [0.1, 0.15) is 10.4 Å². The number of nitrogens with zero attached hydrogens (tertiary/aromatic N) is 1. The SMILES string of the molecule is COc1cccc(-c2csc(NC(=O)c3coc4ccccc4c3=O)n2)c1. The van der Waals surface area contributed by atoms with Crippen LogP contribution >= 0.6 is 11.3 Å². The highest BCUT2D eigenvalue weighted by Crippen LogP contribution is 2.27. The first kappa shape index (κ1) is 17.0. The van der Waals surface area contributed by atoms with Gasteiger partial charge in [0.25, 0.3) is 5.91 Å². The fraction of sp³-hybridized carbons (Fsp3) is 0.0500. The minimum Gasteiger partial charge on any atom is -0.497 e. The van der Waals surface area contributed by atoms with Gasteiger partial charge in [-0.15, -0.1) is 11.3 Å². The van der Waals surface area contributed by atoms with Crippen LogP contribution in [0.25, 0.3) is 22.2 Å². The van der Waals surface area contributed by atoms with Crippen molar-refractivity contribution in [3.8, 4) is 17.0 Å². The Hall–Kier alpha value is -3.45. The Balaban J connectivity index is 1.60. The fourth-order valence-corrected chi connectivity index (χ4v) is 3.36. The molecule has 0 spiro atoms. The predicted octanol–water partition coefficient (Wildman–Crippen LogP) is 4.18. The van der Waals surface area contributed by atoms with Crippen molar-refractivity contribution in [2.75, 3.05) is 12.4 Å². The van der Waals surface area contributed by atoms with Crippen LogP contribution in [-0.4, -0.2) is 18.0 Å². The lowest BCUT2D eigenvalue weighted by atomic mass is 10.1. The zero-order valence-corrected chi connectivity index (χ0v) is 15.1. The number of para-hydroxylation sites is 1. The normalized spacial score (nSPS) is 10.7. The lowest BCUT2D eigenvalue weighted by Gasteiger charge is -2.03. The average Bonchev–Trinajstić information content (AvgIpc) is 3.17. The highest BCUT2D eigenvalue weighted by Gasteiger charge is 2.16. The number of carbonyl (C=O) groups excluding carboxylic acids is 1. The molecular weight excluding hydrogens is 364 g/mol. The Bertz CT molecular complexity index is 1200. The molecule has 27 heavy (non-hydrogen) atoms. The summed E-state index contributed by atoms with van der Waals surface area (Å²) < 4.78 is 10.6. The molecule has 2 aromatic heterocycles. The summed E-state index contributed by atoms with van der Waals surface area (Å²) in [6.07, 6.45) is 1.18. The van der Waals surface area contributed by atoms with Gasteiger partial charge in [0.15, 0.2) is 5.13 Å². The first-order chi connectivity index (χ1) is 13.2. The summed E-state index contributed by atoms with van der Waals surface area (Å²) in [5.41, 5.74) is 1.58. The summed E-state index contributed by atoms with van der Waals surface area (Å²) >= 11 is 1.27. The molecular formula is C20H14N2O4S. The Morgan fingerprint density at radius 3 is 2.89 bits per heavy atom. The monoisotopic (exact) mass is 378 g/mol. The molecule has 6 nitrogen and oxygen atoms in total. The van der Waals surface area contributed by atoms with Gasteiger partial charge in [-0.05, 0) is 24.3 Å². The van der Waals surface area contributed by atoms with E-state index in [1.54, 1.807) is 31.4 Å². The minimum atomic E-state index is -0.555. The molecule has 1 amide bonds. The first-order valence-corrected chi connectivity index (χ1v) is 8.95. The van der Waals surface area contributed by atoms with Crippen molar-refractivity contribution in [2.24, 2.45) is 0 Å². The molecule has 0 fully saturated rings. The smallest absolute Gasteiger partial charge is 0.264 e. The molecule has 0 atom stereocenters. The van der Waals surface area contributed by atoms with Gasteiger partial charge < -0.3 is 9.15 Å². The summed E-state index contributed by atoms with van der Waals surface area (Å²) in [6, 6.07) is 14.3. The zero-order valence-electron chi connectivity index (χ0n) is 14.3. The first-order valence-electron chi connectivity index (χ1n) is 8.07. The van der Waals surface area contributed by atoms with Gasteiger partial charge in [0.05, 0.1) is 18.2 Å². The Kier molecular flexibility index (Phi) is 4.43. The Morgan fingerprint density at radius 1 is 1.19 bits per heavy atom. The van der Waals surface area contributed by atoms with Gasteiger partial charge in [-0.1, -0.05) is 24.3 Å². The molecule has 0 aliphatic rings. The van der Waals surface area contributed by atoms with Gasteiger partial charge in [0.2, 0.25) is 5.43 Å². The predicted molar refractivity (Wildman–Crippen MR) is 105 cm³/mol. The molecule has 4 aromatic rings. The van der Waals surface area contributed by atoms with Crippen LogP contribution in [0.2, 0.25) is 0 Å². The number of hydrogen-bond acceptors (Lipinski definition) is 6. The maximum atomic E-state index is 12.5. The van der Waals surface area contributed by atoms with E-state index in [-0.39, 0.29) is 11.0 Å². The van der Waals surface area contributed by atoms with Gasteiger partial charge in [0, 0.05) is 10.9 Å². The van der Waals surface area contributed by atoms with E-state index in [0.29, 0.717) is 21.8 Å². The lowest BCUT2D eigenvalue weighted by Crippen LogP contribution is -2.21. The quantitative estimate of drug-likeness (QED) is 0.576. The van der Waals surface area contributed by atoms with E-state index in [1.165, 1.54) is 17.6 Å². The van der Waals surface area contributed by atoms with E-state index in [1.807, 2.05) is 29.6 Å². The number of nitrogens with one attached hydrogen (secondary N) is 1. The van der Waals surface area contributed by atoms with Crippen LogP contribution in [0.5, 0.6) is 5.75 Å². The number of hydrogen-bond donors (Lipinski definition) is 1. The maximum Gasteiger partial charge on any atom is 0.264 e. The molecule has 4 rings (SSSR count). The van der Waals surface area contributed by atoms with Gasteiger partial charge >= 0.3 is 0 Å². The van der Waals surface area contributed by atoms with Crippen molar-refractivity contribution < 1.29 is 13.9 Å². The van der Waals surface area contributed by atoms with E-state index in [4.69, 9.17) is 9.15 Å². The highest BCUT2D eigenvalue weighted by molar-refractivity contribution is 7.14. The number of rotatable bonds is 4. The summed E-state index contributed by atoms with van der Waals surface area (Å²) in [5.74, 6) is 0.168. The van der Waals surface area contributed by atoms with Crippen LogP contribution in [-0.2, 0) is 0 Å². The molecule has 0 saturated carbocycles. The third kappa shape index (κ3) is 3.32. The van der Waals surface area contributed by atoms with E-state index < -0.39 is 5.91 Å². The van der Waals surface area contributed by atoms with E-state index in [9.17, 15) is 9.59 Å². The highest BCUT2D eigenvalue weighted by atomic mass is 32.1. The van der Waals surface area contributed by atoms with Crippen molar-refractivity contribution in [3.63, 3.8) is 0 Å². The van der Waals surface area contributed by atoms with Crippen LogP contribution in [0.15, 0.2) is 69.4 Å². The summed E-state index contributed by atoms with van der Waals surface area (Å²) in [7, 11) is 1.60. The molecule has 0 saturated heterocycles. The number of anilines is 1. The van der Waals surface area contributed by atoms with Crippen LogP contribution < -0.4 is 15.5 Å². The molecule has 0 aliphatic carbocycles. The van der Waals surface area contributed by atoms with E-state index in [0.717, 1.165) is 11.3 Å². The number of ether oxygens (including phenoxy) is 1. The van der Waals surface area contributed by atoms with Crippen molar-refractivity contribution in [3.05, 3.63) is 76.0 Å². The lowest BCUT2D eigenvalue weighted by molar-refractivity contribution is 0.102. The number of thiazole rings is 1. The summed E-state index contributed by atoms with van der Waals surface area (Å²) in [6.45, 7) is 0. The second kappa shape index (κ2) is 7.05. The van der Waals surface area contributed by atoms with Crippen molar-refractivity contribution in [2.45, 2.75) is 0 Å². The Labute approximate surface area is 158 Å². The van der Waals surface area contributed by atoms with Crippen molar-refractivity contribution in [1.29, 1.82) is 0 Å². The third-order valence-electron chi connectivity index (χ3n) is 4.01. The molecule has 0 unspecified atom stereocenters. The molecule has 1 N–H and O–H groups in total. The molecule has 0 radical (unpaired) electrons. The summed E-state index contributed by atoms with van der Waals surface area (Å²) in [5, 5.41) is 5.24. The van der Waals surface area contributed by atoms with Gasteiger partial charge in [-0.2, -0.15) is 0 Å². The van der Waals surface area contributed by atoms with Gasteiger partial charge in [-0.3, -0.25) is 14.9 Å². The third-order valence-corrected chi connectivity index (χ3v) is 4.77. The number of amides is 1. The number of benzene rings is 2. The van der Waals surface area contributed by atoms with Crippen molar-refractivity contribution >= 4 is 33.3 Å². The molecule has 0 bridgehead atoms. The van der Waals surface area contributed by atoms with Gasteiger partial charge in [-0.25, -0.2) is 4.98 Å². The molecule has 2 heterocycles. The zero-order chi connectivity index (χ0) is 18.8. The fourth-order valence-electron chi connectivity index (χ4n) is 2.65. The van der Waals surface area contributed by atoms with Crippen molar-refractivity contribution in [1.82, 2.24) is 4.98 Å². The summed E-state index contributed by atoms with van der Waals surface area (Å²) in [4.78, 5) is 29.4. The molecule has 0 aliphatic heterocycles. The van der Waals surface area contributed by atoms with Gasteiger partial charge in [0.1, 0.15) is 23.2 Å². The molecule has 7 heteroatoms. The average molecular weight is 378 g/mol.